The van der Waals surface area contributed by atoms with Crippen molar-refractivity contribution in [3.8, 4) is 0 Å². The SMILES string of the molecule is C[SiH](C)[Zr][CH]1C2C=CC=CC2C2CCCC(C3=CC=CC3)C21. The molecule has 0 aromatic heterocycles. The molecule has 0 heterocycles. The Kier molecular flexibility index (Phi) is 4.62. The molecule has 0 saturated heterocycles. The van der Waals surface area contributed by atoms with E-state index in [1.807, 2.05) is 0 Å². The first-order valence-corrected chi connectivity index (χ1v) is 17.8. The van der Waals surface area contributed by atoms with E-state index in [-0.39, 0.29) is 28.3 Å². The first kappa shape index (κ1) is 15.6. The zero-order valence-electron chi connectivity index (χ0n) is 13.9. The van der Waals surface area contributed by atoms with Crippen molar-refractivity contribution in [2.75, 3.05) is 0 Å². The Labute approximate surface area is 148 Å². The fraction of sp³-hybridized carbons (Fsp3) is 0.600. The van der Waals surface area contributed by atoms with Crippen LogP contribution in [-0.4, -0.2) is 5.92 Å². The van der Waals surface area contributed by atoms with Crippen molar-refractivity contribution in [2.45, 2.75) is 42.4 Å². The van der Waals surface area contributed by atoms with Crippen LogP contribution in [0.25, 0.3) is 0 Å². The molecule has 0 amide bonds. The molecule has 0 aliphatic heterocycles. The van der Waals surface area contributed by atoms with Gasteiger partial charge in [0.2, 0.25) is 0 Å². The molecule has 4 aliphatic carbocycles. The Morgan fingerprint density at radius 3 is 2.59 bits per heavy atom. The molecule has 0 bridgehead atoms. The summed E-state index contributed by atoms with van der Waals surface area (Å²) in [5.41, 5.74) is 1.79. The van der Waals surface area contributed by atoms with Gasteiger partial charge in [-0.15, -0.1) is 0 Å². The fourth-order valence-electron chi connectivity index (χ4n) is 5.69. The molecule has 0 nitrogen and oxygen atoms in total. The molecule has 6 atom stereocenters. The molecular formula is C20H28SiZr. The van der Waals surface area contributed by atoms with Crippen LogP contribution in [0, 0.1) is 29.6 Å². The van der Waals surface area contributed by atoms with Crippen LogP contribution in [0.4, 0.5) is 0 Å². The van der Waals surface area contributed by atoms with E-state index in [1.165, 1.54) is 25.7 Å². The van der Waals surface area contributed by atoms with Crippen LogP contribution >= 0.6 is 0 Å². The van der Waals surface area contributed by atoms with E-state index < -0.39 is 0 Å². The maximum atomic E-state index is 2.63. The van der Waals surface area contributed by atoms with E-state index in [0.29, 0.717) is 0 Å². The minimum absolute atomic E-state index is 0.178. The maximum absolute atomic E-state index is 2.63. The summed E-state index contributed by atoms with van der Waals surface area (Å²) in [4.78, 5) is 0. The predicted octanol–water partition coefficient (Wildman–Crippen LogP) is 5.13. The van der Waals surface area contributed by atoms with Gasteiger partial charge in [-0.2, -0.15) is 0 Å². The first-order valence-electron chi connectivity index (χ1n) is 9.22. The van der Waals surface area contributed by atoms with Gasteiger partial charge in [0.05, 0.1) is 0 Å². The molecule has 0 aromatic carbocycles. The standard InChI is InChI=1S/C18H21.C2H7Si.Zr/c1-2-7-13(6-1)15-10-5-11-17-16-9-4-3-8-14(16)12-18(15)17;1-3-2;/h1-4,6,8-9,12,14-18H,5,7,10-11H2;3H,1-2H3;. The van der Waals surface area contributed by atoms with Crippen molar-refractivity contribution in [1.29, 1.82) is 0 Å². The quantitative estimate of drug-likeness (QED) is 0.589. The summed E-state index contributed by atoms with van der Waals surface area (Å²) in [7, 11) is 0. The average Bonchev–Trinajstić information content (AvgIpc) is 3.15. The van der Waals surface area contributed by atoms with Crippen LogP contribution < -0.4 is 0 Å². The molecule has 4 rings (SSSR count). The van der Waals surface area contributed by atoms with E-state index in [4.69, 9.17) is 0 Å². The second-order valence-corrected chi connectivity index (χ2v) is 23.2. The molecule has 0 N–H and O–H groups in total. The molecule has 2 fully saturated rings. The zero-order chi connectivity index (χ0) is 15.1. The van der Waals surface area contributed by atoms with Crippen LogP contribution in [0.15, 0.2) is 48.1 Å². The third-order valence-electron chi connectivity index (χ3n) is 6.36. The molecule has 2 heteroatoms. The van der Waals surface area contributed by atoms with Crippen molar-refractivity contribution >= 4 is 5.92 Å². The summed E-state index contributed by atoms with van der Waals surface area (Å²) < 4.78 is 1.14. The number of hydrogen-bond donors (Lipinski definition) is 0. The third kappa shape index (κ3) is 2.69. The summed E-state index contributed by atoms with van der Waals surface area (Å²) in [6, 6.07) is 0. The van der Waals surface area contributed by atoms with Crippen molar-refractivity contribution in [3.63, 3.8) is 0 Å². The third-order valence-corrected chi connectivity index (χ3v) is 17.1. The molecule has 116 valence electrons. The number of allylic oxidation sites excluding steroid dienone is 8. The van der Waals surface area contributed by atoms with E-state index in [9.17, 15) is 0 Å². The molecule has 0 radical (unpaired) electrons. The van der Waals surface area contributed by atoms with Gasteiger partial charge in [-0.05, 0) is 0 Å². The van der Waals surface area contributed by atoms with Crippen LogP contribution in [-0.2, 0) is 22.4 Å². The second-order valence-electron chi connectivity index (χ2n) is 7.92. The van der Waals surface area contributed by atoms with Gasteiger partial charge in [0.25, 0.3) is 0 Å². The molecule has 4 aliphatic rings. The molecule has 2 saturated carbocycles. The molecule has 6 unspecified atom stereocenters. The summed E-state index contributed by atoms with van der Waals surface area (Å²) in [5.74, 6) is 4.46. The van der Waals surface area contributed by atoms with Gasteiger partial charge in [0, 0.05) is 0 Å². The van der Waals surface area contributed by atoms with Gasteiger partial charge in [-0.25, -0.2) is 0 Å². The topological polar surface area (TPSA) is 0 Å². The minimum atomic E-state index is -0.341. The van der Waals surface area contributed by atoms with Crippen molar-refractivity contribution in [2.24, 2.45) is 29.6 Å². The Bertz CT molecular complexity index is 542. The Morgan fingerprint density at radius 2 is 1.86 bits per heavy atom. The monoisotopic (exact) mass is 386 g/mol. The van der Waals surface area contributed by atoms with Crippen molar-refractivity contribution in [1.82, 2.24) is 0 Å². The summed E-state index contributed by atoms with van der Waals surface area (Å²) in [6.45, 7) is 5.26. The first-order chi connectivity index (χ1) is 10.8. The van der Waals surface area contributed by atoms with Gasteiger partial charge < -0.3 is 0 Å². The second kappa shape index (κ2) is 6.52. The van der Waals surface area contributed by atoms with Gasteiger partial charge >= 0.3 is 148 Å². The fourth-order valence-corrected chi connectivity index (χ4v) is 17.9. The van der Waals surface area contributed by atoms with E-state index in [2.05, 4.69) is 55.6 Å². The summed E-state index contributed by atoms with van der Waals surface area (Å²) in [6.07, 6.45) is 22.8. The van der Waals surface area contributed by atoms with E-state index in [1.54, 1.807) is 5.57 Å². The van der Waals surface area contributed by atoms with Crippen LogP contribution in [0.5, 0.6) is 0 Å². The van der Waals surface area contributed by atoms with Crippen molar-refractivity contribution in [3.05, 3.63) is 48.1 Å². The van der Waals surface area contributed by atoms with Gasteiger partial charge in [0.1, 0.15) is 0 Å². The van der Waals surface area contributed by atoms with E-state index >= 15 is 0 Å². The van der Waals surface area contributed by atoms with Crippen LogP contribution in [0.3, 0.4) is 0 Å². The molecule has 22 heavy (non-hydrogen) atoms. The average molecular weight is 388 g/mol. The number of fused-ring (bicyclic) bond motifs is 3. The normalized spacial score (nSPS) is 42.4. The Morgan fingerprint density at radius 1 is 1.05 bits per heavy atom. The number of rotatable bonds is 3. The van der Waals surface area contributed by atoms with Crippen molar-refractivity contribution < 1.29 is 22.4 Å². The Hall–Kier alpha value is 0.0600. The predicted molar refractivity (Wildman–Crippen MR) is 94.0 cm³/mol. The van der Waals surface area contributed by atoms with E-state index in [0.717, 1.165) is 33.2 Å². The summed E-state index contributed by atoms with van der Waals surface area (Å²) >= 11 is -0.178. The number of hydrogen-bond acceptors (Lipinski definition) is 0. The molecule has 0 aromatic rings. The van der Waals surface area contributed by atoms with Gasteiger partial charge in [0.15, 0.2) is 0 Å². The zero-order valence-corrected chi connectivity index (χ0v) is 17.5. The molecule has 0 spiro atoms. The Balaban J connectivity index is 1.68. The van der Waals surface area contributed by atoms with Gasteiger partial charge in [-0.3, -0.25) is 0 Å². The van der Waals surface area contributed by atoms with Crippen LogP contribution in [0.1, 0.15) is 25.7 Å². The summed E-state index contributed by atoms with van der Waals surface area (Å²) in [5, 5.41) is 0. The van der Waals surface area contributed by atoms with Gasteiger partial charge in [-0.1, -0.05) is 0 Å². The molecular weight excluding hydrogens is 360 g/mol. The van der Waals surface area contributed by atoms with Crippen LogP contribution in [0.2, 0.25) is 16.7 Å².